The third kappa shape index (κ3) is 4.77. The quantitative estimate of drug-likeness (QED) is 0.174. The normalized spacial score (nSPS) is 11.9. The molecule has 0 spiro atoms. The minimum atomic E-state index is 0.956. The topological polar surface area (TPSA) is 27.7 Å². The molecule has 0 amide bonds. The smallest absolute Gasteiger partial charge is 0.145 e. The molecule has 266 valence electrons. The van der Waals surface area contributed by atoms with Gasteiger partial charge in [-0.25, -0.2) is 4.98 Å². The van der Waals surface area contributed by atoms with Crippen LogP contribution < -0.4 is 0 Å². The first-order valence-electron chi connectivity index (χ1n) is 19.5. The lowest BCUT2D eigenvalue weighted by Crippen LogP contribution is -2.00. The molecule has 57 heavy (non-hydrogen) atoms. The SMILES string of the molecule is c1cc(-c2cc(-n3c4ccccc4c4ccccc43)cc(-n3c4ccccc4c4ccccc43)c2)cc(-c2ccccc2-n2c3ccccc3c3cccnc32)c1. The van der Waals surface area contributed by atoms with Gasteiger partial charge in [-0.2, -0.15) is 0 Å². The zero-order valence-electron chi connectivity index (χ0n) is 30.9. The fourth-order valence-corrected chi connectivity index (χ4v) is 9.24. The van der Waals surface area contributed by atoms with Gasteiger partial charge < -0.3 is 9.13 Å². The monoisotopic (exact) mass is 726 g/mol. The third-order valence-corrected chi connectivity index (χ3v) is 11.7. The van der Waals surface area contributed by atoms with Crippen molar-refractivity contribution in [2.24, 2.45) is 0 Å². The molecule has 0 atom stereocenters. The Bertz CT molecular complexity index is 3250. The Morgan fingerprint density at radius 1 is 0.298 bits per heavy atom. The molecule has 0 unspecified atom stereocenters. The summed E-state index contributed by atoms with van der Waals surface area (Å²) in [5.74, 6) is 0. The second-order valence-electron chi connectivity index (χ2n) is 14.8. The predicted molar refractivity (Wildman–Crippen MR) is 238 cm³/mol. The van der Waals surface area contributed by atoms with Crippen molar-refractivity contribution in [1.82, 2.24) is 18.7 Å². The summed E-state index contributed by atoms with van der Waals surface area (Å²) in [6.45, 7) is 0. The summed E-state index contributed by atoms with van der Waals surface area (Å²) < 4.78 is 7.18. The lowest BCUT2D eigenvalue weighted by Gasteiger charge is -2.17. The van der Waals surface area contributed by atoms with E-state index < -0.39 is 0 Å². The van der Waals surface area contributed by atoms with E-state index in [-0.39, 0.29) is 0 Å². The number of pyridine rings is 1. The molecule has 0 saturated heterocycles. The summed E-state index contributed by atoms with van der Waals surface area (Å²) in [7, 11) is 0. The van der Waals surface area contributed by atoms with Crippen molar-refractivity contribution in [2.75, 3.05) is 0 Å². The Labute approximate surface area is 328 Å². The van der Waals surface area contributed by atoms with Gasteiger partial charge in [0.25, 0.3) is 0 Å². The third-order valence-electron chi connectivity index (χ3n) is 11.7. The van der Waals surface area contributed by atoms with Crippen LogP contribution in [0.25, 0.3) is 105 Å². The highest BCUT2D eigenvalue weighted by atomic mass is 15.0. The lowest BCUT2D eigenvalue weighted by atomic mass is 9.97. The standard InChI is InChI=1S/C53H34N4/c1-7-24-47(57-52-29-12-6-22-45(52)46-23-14-30-54-53(46)57)40(17-1)36-16-13-15-35(31-36)37-32-38(55-48-25-8-2-18-41(48)42-19-3-9-26-49(42)55)34-39(33-37)56-50-27-10-4-20-43(50)44-21-5-11-28-51(44)56/h1-34H. The van der Waals surface area contributed by atoms with Crippen LogP contribution in [0.2, 0.25) is 0 Å². The van der Waals surface area contributed by atoms with Gasteiger partial charge in [-0.15, -0.1) is 0 Å². The molecular weight excluding hydrogens is 693 g/mol. The van der Waals surface area contributed by atoms with Gasteiger partial charge in [-0.05, 0) is 89.5 Å². The molecule has 0 aliphatic rings. The largest absolute Gasteiger partial charge is 0.309 e. The van der Waals surface area contributed by atoms with Gasteiger partial charge in [0, 0.05) is 55.5 Å². The average Bonchev–Trinajstić information content (AvgIpc) is 3.92. The number of benzene rings is 8. The highest BCUT2D eigenvalue weighted by Crippen LogP contribution is 2.40. The van der Waals surface area contributed by atoms with E-state index in [4.69, 9.17) is 4.98 Å². The van der Waals surface area contributed by atoms with Gasteiger partial charge in [-0.1, -0.05) is 127 Å². The van der Waals surface area contributed by atoms with Crippen molar-refractivity contribution < 1.29 is 0 Å². The number of hydrogen-bond donors (Lipinski definition) is 0. The fourth-order valence-electron chi connectivity index (χ4n) is 9.24. The van der Waals surface area contributed by atoms with Crippen molar-refractivity contribution >= 4 is 65.5 Å². The molecule has 4 heteroatoms. The van der Waals surface area contributed by atoms with Crippen LogP contribution >= 0.6 is 0 Å². The van der Waals surface area contributed by atoms with Gasteiger partial charge in [0.2, 0.25) is 0 Å². The minimum Gasteiger partial charge on any atom is -0.309 e. The molecule has 0 fully saturated rings. The molecule has 4 nitrogen and oxygen atoms in total. The van der Waals surface area contributed by atoms with Crippen LogP contribution in [0.3, 0.4) is 0 Å². The second-order valence-corrected chi connectivity index (χ2v) is 14.8. The van der Waals surface area contributed by atoms with E-state index in [2.05, 4.69) is 208 Å². The van der Waals surface area contributed by atoms with Crippen molar-refractivity contribution in [3.05, 3.63) is 206 Å². The Morgan fingerprint density at radius 3 is 1.30 bits per heavy atom. The molecular formula is C53H34N4. The molecule has 0 radical (unpaired) electrons. The molecule has 4 heterocycles. The van der Waals surface area contributed by atoms with Gasteiger partial charge in [-0.3, -0.25) is 4.57 Å². The first-order valence-corrected chi connectivity index (χ1v) is 19.5. The summed E-state index contributed by atoms with van der Waals surface area (Å²) in [5.41, 5.74) is 14.8. The van der Waals surface area contributed by atoms with Crippen molar-refractivity contribution in [2.45, 2.75) is 0 Å². The summed E-state index contributed by atoms with van der Waals surface area (Å²) in [6.07, 6.45) is 1.89. The molecule has 0 bridgehead atoms. The van der Waals surface area contributed by atoms with Crippen LogP contribution in [0.15, 0.2) is 206 Å². The molecule has 0 aliphatic carbocycles. The highest BCUT2D eigenvalue weighted by molar-refractivity contribution is 6.11. The number of nitrogens with zero attached hydrogens (tertiary/aromatic N) is 4. The van der Waals surface area contributed by atoms with Gasteiger partial charge in [0.15, 0.2) is 0 Å². The van der Waals surface area contributed by atoms with Crippen molar-refractivity contribution in [1.29, 1.82) is 0 Å². The maximum atomic E-state index is 4.91. The van der Waals surface area contributed by atoms with E-state index in [0.29, 0.717) is 0 Å². The Kier molecular flexibility index (Phi) is 6.89. The Balaban J connectivity index is 1.11. The van der Waals surface area contributed by atoms with Crippen molar-refractivity contribution in [3.8, 4) is 39.3 Å². The summed E-state index contributed by atoms with van der Waals surface area (Å²) in [5, 5.41) is 7.33. The number of aromatic nitrogens is 4. The summed E-state index contributed by atoms with van der Waals surface area (Å²) in [6, 6.07) is 72.6. The Morgan fingerprint density at radius 2 is 0.737 bits per heavy atom. The molecule has 8 aromatic carbocycles. The van der Waals surface area contributed by atoms with Crippen LogP contribution in [0.1, 0.15) is 0 Å². The molecule has 0 aliphatic heterocycles. The van der Waals surface area contributed by atoms with E-state index in [1.54, 1.807) is 0 Å². The zero-order chi connectivity index (χ0) is 37.5. The summed E-state index contributed by atoms with van der Waals surface area (Å²) >= 11 is 0. The van der Waals surface area contributed by atoms with Gasteiger partial charge in [0.1, 0.15) is 5.65 Å². The van der Waals surface area contributed by atoms with Gasteiger partial charge in [0.05, 0.1) is 33.3 Å². The molecule has 0 N–H and O–H groups in total. The maximum absolute atomic E-state index is 4.91. The van der Waals surface area contributed by atoms with Gasteiger partial charge >= 0.3 is 0 Å². The van der Waals surface area contributed by atoms with Crippen molar-refractivity contribution in [3.63, 3.8) is 0 Å². The Hall–Kier alpha value is -7.69. The van der Waals surface area contributed by atoms with Crippen LogP contribution in [0, 0.1) is 0 Å². The molecule has 0 saturated carbocycles. The predicted octanol–water partition coefficient (Wildman–Crippen LogP) is 13.7. The van der Waals surface area contributed by atoms with E-state index in [1.807, 2.05) is 12.3 Å². The van der Waals surface area contributed by atoms with Crippen LogP contribution in [0.4, 0.5) is 0 Å². The van der Waals surface area contributed by atoms with E-state index >= 15 is 0 Å². The number of para-hydroxylation sites is 6. The molecule has 12 rings (SSSR count). The second kappa shape index (κ2) is 12.4. The van der Waals surface area contributed by atoms with Crippen LogP contribution in [-0.2, 0) is 0 Å². The lowest BCUT2D eigenvalue weighted by molar-refractivity contribution is 1.13. The van der Waals surface area contributed by atoms with E-state index in [9.17, 15) is 0 Å². The van der Waals surface area contributed by atoms with Crippen LogP contribution in [0.5, 0.6) is 0 Å². The fraction of sp³-hybridized carbons (Fsp3) is 0. The van der Waals surface area contributed by atoms with E-state index in [0.717, 1.165) is 55.9 Å². The average molecular weight is 727 g/mol. The number of hydrogen-bond acceptors (Lipinski definition) is 1. The first-order chi connectivity index (χ1) is 28.3. The molecule has 4 aromatic heterocycles. The van der Waals surface area contributed by atoms with E-state index in [1.165, 1.54) is 49.0 Å². The number of rotatable bonds is 5. The number of fused-ring (bicyclic) bond motifs is 9. The minimum absolute atomic E-state index is 0.956. The maximum Gasteiger partial charge on any atom is 0.145 e. The summed E-state index contributed by atoms with van der Waals surface area (Å²) in [4.78, 5) is 4.91. The molecule has 12 aromatic rings. The van der Waals surface area contributed by atoms with Crippen LogP contribution in [-0.4, -0.2) is 18.7 Å². The first kappa shape index (κ1) is 31.6. The zero-order valence-corrected chi connectivity index (χ0v) is 30.9. The highest BCUT2D eigenvalue weighted by Gasteiger charge is 2.19.